The summed E-state index contributed by atoms with van der Waals surface area (Å²) >= 11 is 0. The molecule has 1 saturated carbocycles. The highest BCUT2D eigenvalue weighted by molar-refractivity contribution is 6.08. The van der Waals surface area contributed by atoms with Crippen molar-refractivity contribution in [2.45, 2.75) is 69.2 Å². The normalized spacial score (nSPS) is 19.1. The zero-order chi connectivity index (χ0) is 32.6. The molecule has 0 spiro atoms. The van der Waals surface area contributed by atoms with Gasteiger partial charge in [-0.2, -0.15) is 13.2 Å². The monoisotopic (exact) mass is 643 g/mol. The Morgan fingerprint density at radius 2 is 1.68 bits per heavy atom. The van der Waals surface area contributed by atoms with Crippen molar-refractivity contribution in [3.05, 3.63) is 89.0 Å². The fourth-order valence-electron chi connectivity index (χ4n) is 7.35. The average Bonchev–Trinajstić information content (AvgIpc) is 3.89. The van der Waals surface area contributed by atoms with E-state index >= 15 is 0 Å². The maximum atomic E-state index is 14.6. The Kier molecular flexibility index (Phi) is 8.65. The quantitative estimate of drug-likeness (QED) is 0.219. The molecule has 4 heterocycles. The summed E-state index contributed by atoms with van der Waals surface area (Å²) < 4.78 is 47.2. The van der Waals surface area contributed by atoms with Crippen molar-refractivity contribution < 1.29 is 22.7 Å². The molecule has 0 bridgehead atoms. The van der Waals surface area contributed by atoms with Gasteiger partial charge in [-0.15, -0.1) is 0 Å². The van der Waals surface area contributed by atoms with Gasteiger partial charge in [0.25, 0.3) is 5.91 Å². The fourth-order valence-corrected chi connectivity index (χ4v) is 7.35. The summed E-state index contributed by atoms with van der Waals surface area (Å²) in [6.45, 7) is 4.28. The second-order valence-electron chi connectivity index (χ2n) is 13.1. The van der Waals surface area contributed by atoms with Crippen molar-refractivity contribution in [2.75, 3.05) is 33.3 Å². The summed E-state index contributed by atoms with van der Waals surface area (Å²) in [5.74, 6) is 0.0172. The van der Waals surface area contributed by atoms with Crippen LogP contribution in [0, 0.1) is 0 Å². The number of hydrogen-bond acceptors (Lipinski definition) is 6. The standard InChI is InChI=1S/C37H40F3N5O2/c1-47-31-14-13-30-34(42-31)32(35(46)43-36(17-18-36)26-10-4-2-5-11-26)29(33(41-30)25-9-8-12-27(23-25)37(38,39)40)24-44-21-15-28(16-22-44)45-19-6-3-7-20-45/h2,4-5,8-14,23,28H,3,6-7,15-22,24H2,1H3,(H,43,46). The first kappa shape index (κ1) is 31.6. The molecule has 1 N–H and O–H groups in total. The van der Waals surface area contributed by atoms with Crippen molar-refractivity contribution in [1.82, 2.24) is 25.1 Å². The number of hydrogen-bond donors (Lipinski definition) is 1. The molecule has 0 unspecified atom stereocenters. The topological polar surface area (TPSA) is 70.6 Å². The van der Waals surface area contributed by atoms with Crippen molar-refractivity contribution in [3.8, 4) is 17.1 Å². The molecule has 0 atom stereocenters. The molecule has 3 fully saturated rings. The third-order valence-electron chi connectivity index (χ3n) is 10.1. The van der Waals surface area contributed by atoms with E-state index in [0.29, 0.717) is 51.9 Å². The van der Waals surface area contributed by atoms with Gasteiger partial charge in [-0.3, -0.25) is 9.69 Å². The molecule has 1 amide bonds. The highest BCUT2D eigenvalue weighted by Crippen LogP contribution is 2.46. The number of aromatic nitrogens is 2. The maximum absolute atomic E-state index is 14.6. The van der Waals surface area contributed by atoms with Gasteiger partial charge in [0, 0.05) is 29.8 Å². The van der Waals surface area contributed by atoms with Crippen LogP contribution in [0.4, 0.5) is 13.2 Å². The number of pyridine rings is 2. The van der Waals surface area contributed by atoms with Crippen molar-refractivity contribution in [2.24, 2.45) is 0 Å². The van der Waals surface area contributed by atoms with Gasteiger partial charge in [-0.05, 0) is 88.5 Å². The van der Waals surface area contributed by atoms with Crippen LogP contribution >= 0.6 is 0 Å². The molecule has 10 heteroatoms. The minimum Gasteiger partial charge on any atom is -0.481 e. The summed E-state index contributed by atoms with van der Waals surface area (Å²) in [5.41, 5.74) is 2.14. The lowest BCUT2D eigenvalue weighted by molar-refractivity contribution is -0.137. The highest BCUT2D eigenvalue weighted by atomic mass is 19.4. The predicted molar refractivity (Wildman–Crippen MR) is 175 cm³/mol. The zero-order valence-electron chi connectivity index (χ0n) is 26.7. The Bertz CT molecular complexity index is 1740. The number of carbonyl (C=O) groups excluding carboxylic acids is 1. The van der Waals surface area contributed by atoms with Crippen LogP contribution in [-0.2, 0) is 18.3 Å². The molecular formula is C37H40F3N5O2. The van der Waals surface area contributed by atoms with Gasteiger partial charge in [0.1, 0.15) is 5.52 Å². The van der Waals surface area contributed by atoms with Crippen molar-refractivity contribution in [1.29, 1.82) is 0 Å². The van der Waals surface area contributed by atoms with E-state index in [9.17, 15) is 18.0 Å². The van der Waals surface area contributed by atoms with E-state index in [4.69, 9.17) is 14.7 Å². The molecule has 246 valence electrons. The Labute approximate surface area is 273 Å². The number of methoxy groups -OCH3 is 1. The Morgan fingerprint density at radius 3 is 2.36 bits per heavy atom. The SMILES string of the molecule is COc1ccc2nc(-c3cccc(C(F)(F)F)c3)c(CN3CCC(N4CCCCC4)CC3)c(C(=O)NC3(c4ccccc4)CC3)c2n1. The van der Waals surface area contributed by atoms with E-state index < -0.39 is 17.3 Å². The molecule has 1 aliphatic carbocycles. The number of alkyl halides is 3. The summed E-state index contributed by atoms with van der Waals surface area (Å²) in [6, 6.07) is 19.0. The summed E-state index contributed by atoms with van der Waals surface area (Å²) in [7, 11) is 1.51. The van der Waals surface area contributed by atoms with E-state index in [-0.39, 0.29) is 5.91 Å². The number of likely N-dealkylation sites (tertiary alicyclic amines) is 2. The molecule has 3 aliphatic rings. The lowest BCUT2D eigenvalue weighted by Gasteiger charge is -2.40. The van der Waals surface area contributed by atoms with Gasteiger partial charge in [0.05, 0.1) is 35.0 Å². The number of nitrogens with one attached hydrogen (secondary N) is 1. The largest absolute Gasteiger partial charge is 0.481 e. The molecule has 2 aromatic heterocycles. The third kappa shape index (κ3) is 6.58. The number of nitrogens with zero attached hydrogens (tertiary/aromatic N) is 4. The summed E-state index contributed by atoms with van der Waals surface area (Å²) in [5, 5.41) is 3.32. The first-order valence-electron chi connectivity index (χ1n) is 16.6. The second-order valence-corrected chi connectivity index (χ2v) is 13.1. The van der Waals surface area contributed by atoms with Gasteiger partial charge in [0.2, 0.25) is 5.88 Å². The first-order chi connectivity index (χ1) is 22.7. The minimum absolute atomic E-state index is 0.314. The van der Waals surface area contributed by atoms with E-state index in [1.165, 1.54) is 32.4 Å². The average molecular weight is 644 g/mol. The van der Waals surface area contributed by atoms with Gasteiger partial charge < -0.3 is 15.0 Å². The van der Waals surface area contributed by atoms with Crippen LogP contribution in [0.25, 0.3) is 22.3 Å². The number of piperidine rings is 2. The Balaban J connectivity index is 1.33. The number of benzene rings is 2. The fraction of sp³-hybridized carbons (Fsp3) is 0.432. The van der Waals surface area contributed by atoms with E-state index in [1.54, 1.807) is 18.2 Å². The highest BCUT2D eigenvalue weighted by Gasteiger charge is 2.46. The van der Waals surface area contributed by atoms with Crippen LogP contribution in [0.1, 0.15) is 72.0 Å². The van der Waals surface area contributed by atoms with Gasteiger partial charge in [0.15, 0.2) is 0 Å². The van der Waals surface area contributed by atoms with Crippen LogP contribution in [0.2, 0.25) is 0 Å². The predicted octanol–water partition coefficient (Wildman–Crippen LogP) is 7.19. The molecule has 4 aromatic rings. The number of halogens is 3. The number of amides is 1. The first-order valence-corrected chi connectivity index (χ1v) is 16.6. The summed E-state index contributed by atoms with van der Waals surface area (Å²) in [6.07, 6.45) is 2.84. The van der Waals surface area contributed by atoms with Gasteiger partial charge >= 0.3 is 6.18 Å². The van der Waals surface area contributed by atoms with E-state index in [2.05, 4.69) is 15.1 Å². The van der Waals surface area contributed by atoms with Gasteiger partial charge in [-0.1, -0.05) is 48.9 Å². The lowest BCUT2D eigenvalue weighted by atomic mass is 9.94. The van der Waals surface area contributed by atoms with Crippen molar-refractivity contribution in [3.63, 3.8) is 0 Å². The molecule has 47 heavy (non-hydrogen) atoms. The molecular weight excluding hydrogens is 603 g/mol. The van der Waals surface area contributed by atoms with Gasteiger partial charge in [-0.25, -0.2) is 9.97 Å². The second kappa shape index (κ2) is 12.9. The molecule has 7 nitrogen and oxygen atoms in total. The van der Waals surface area contributed by atoms with Crippen LogP contribution in [0.5, 0.6) is 5.88 Å². The number of carbonyl (C=O) groups is 1. The number of fused-ring (bicyclic) bond motifs is 1. The Morgan fingerprint density at radius 1 is 0.936 bits per heavy atom. The lowest BCUT2D eigenvalue weighted by Crippen LogP contribution is -2.46. The van der Waals surface area contributed by atoms with E-state index in [0.717, 1.165) is 69.6 Å². The molecule has 2 aromatic carbocycles. The van der Waals surface area contributed by atoms with E-state index in [1.807, 2.05) is 30.3 Å². The maximum Gasteiger partial charge on any atom is 0.416 e. The van der Waals surface area contributed by atoms with Crippen LogP contribution < -0.4 is 10.1 Å². The molecule has 0 radical (unpaired) electrons. The smallest absolute Gasteiger partial charge is 0.416 e. The minimum atomic E-state index is -4.52. The third-order valence-corrected chi connectivity index (χ3v) is 10.1. The molecule has 2 saturated heterocycles. The van der Waals surface area contributed by atoms with Crippen molar-refractivity contribution >= 4 is 16.9 Å². The van der Waals surface area contributed by atoms with Crippen LogP contribution in [0.15, 0.2) is 66.7 Å². The van der Waals surface area contributed by atoms with Crippen LogP contribution in [0.3, 0.4) is 0 Å². The molecule has 7 rings (SSSR count). The molecule has 2 aliphatic heterocycles. The van der Waals surface area contributed by atoms with Crippen LogP contribution in [-0.4, -0.2) is 65.0 Å². The number of ether oxygens (including phenoxy) is 1. The Hall–Kier alpha value is -4.02. The summed E-state index contributed by atoms with van der Waals surface area (Å²) in [4.78, 5) is 29.1. The number of rotatable bonds is 8. The zero-order valence-corrected chi connectivity index (χ0v) is 26.7.